The Morgan fingerprint density at radius 1 is 0.967 bits per heavy atom. The number of nitrogens with zero attached hydrogens (tertiary/aromatic N) is 5. The van der Waals surface area contributed by atoms with Crippen LogP contribution in [-0.4, -0.2) is 36.7 Å². The summed E-state index contributed by atoms with van der Waals surface area (Å²) in [6, 6.07) is 24.1. The van der Waals surface area contributed by atoms with E-state index < -0.39 is 0 Å². The smallest absolute Gasteiger partial charge is 0.265 e. The molecule has 0 aliphatic carbocycles. The first kappa shape index (κ1) is 18.1. The summed E-state index contributed by atoms with van der Waals surface area (Å²) in [5.41, 5.74) is 4.27. The number of para-hydroxylation sites is 1. The largest absolute Gasteiger partial charge is 0.508 e. The SMILES string of the molecule is O=C(Cn1nnc2ccccc21)N1N=C(c2ccc(O)cc2)CC1c1ccccc1. The zero-order valence-corrected chi connectivity index (χ0v) is 16.1. The highest BCUT2D eigenvalue weighted by molar-refractivity contribution is 6.03. The maximum atomic E-state index is 13.3. The molecule has 7 nitrogen and oxygen atoms in total. The summed E-state index contributed by atoms with van der Waals surface area (Å²) in [4.78, 5) is 13.3. The molecule has 0 bridgehead atoms. The number of carbonyl (C=O) groups excluding carboxylic acids is 1. The second-order valence-electron chi connectivity index (χ2n) is 7.20. The van der Waals surface area contributed by atoms with Crippen molar-refractivity contribution in [3.63, 3.8) is 0 Å². The second kappa shape index (κ2) is 7.44. The molecule has 5 rings (SSSR count). The number of fused-ring (bicyclic) bond motifs is 1. The first-order valence-electron chi connectivity index (χ1n) is 9.71. The maximum Gasteiger partial charge on any atom is 0.265 e. The van der Waals surface area contributed by atoms with E-state index >= 15 is 0 Å². The van der Waals surface area contributed by atoms with E-state index in [0.29, 0.717) is 6.42 Å². The van der Waals surface area contributed by atoms with Crippen molar-refractivity contribution in [1.29, 1.82) is 0 Å². The fourth-order valence-electron chi connectivity index (χ4n) is 3.74. The lowest BCUT2D eigenvalue weighted by Crippen LogP contribution is -2.30. The average Bonchev–Trinajstić information content (AvgIpc) is 3.40. The first-order valence-corrected chi connectivity index (χ1v) is 9.71. The van der Waals surface area contributed by atoms with Gasteiger partial charge in [-0.2, -0.15) is 5.10 Å². The van der Waals surface area contributed by atoms with Crippen LogP contribution in [0.15, 0.2) is 84.0 Å². The van der Waals surface area contributed by atoms with Gasteiger partial charge in [0, 0.05) is 6.42 Å². The molecule has 1 aliphatic rings. The number of hydrogen-bond acceptors (Lipinski definition) is 5. The molecule has 0 radical (unpaired) electrons. The molecule has 7 heteroatoms. The summed E-state index contributed by atoms with van der Waals surface area (Å²) in [5, 5.41) is 24.1. The number of hydrogen-bond donors (Lipinski definition) is 1. The van der Waals surface area contributed by atoms with Crippen LogP contribution < -0.4 is 0 Å². The van der Waals surface area contributed by atoms with Crippen molar-refractivity contribution in [3.8, 4) is 5.75 Å². The van der Waals surface area contributed by atoms with Gasteiger partial charge in [-0.3, -0.25) is 4.79 Å². The highest BCUT2D eigenvalue weighted by Crippen LogP contribution is 2.33. The predicted octanol–water partition coefficient (Wildman–Crippen LogP) is 3.51. The fourth-order valence-corrected chi connectivity index (χ4v) is 3.74. The van der Waals surface area contributed by atoms with Crippen LogP contribution in [0.3, 0.4) is 0 Å². The van der Waals surface area contributed by atoms with E-state index in [-0.39, 0.29) is 24.2 Å². The summed E-state index contributed by atoms with van der Waals surface area (Å²) < 4.78 is 1.60. The fraction of sp³-hybridized carbons (Fsp3) is 0.130. The van der Waals surface area contributed by atoms with Gasteiger partial charge >= 0.3 is 0 Å². The Balaban J connectivity index is 1.48. The summed E-state index contributed by atoms with van der Waals surface area (Å²) >= 11 is 0. The predicted molar refractivity (Wildman–Crippen MR) is 113 cm³/mol. The number of carbonyl (C=O) groups is 1. The van der Waals surface area contributed by atoms with E-state index in [1.54, 1.807) is 21.8 Å². The van der Waals surface area contributed by atoms with E-state index in [2.05, 4.69) is 15.4 Å². The van der Waals surface area contributed by atoms with Gasteiger partial charge in [0.1, 0.15) is 17.8 Å². The molecule has 0 fully saturated rings. The molecule has 1 atom stereocenters. The molecule has 1 amide bonds. The maximum absolute atomic E-state index is 13.3. The van der Waals surface area contributed by atoms with E-state index in [1.165, 1.54) is 0 Å². The standard InChI is InChI=1S/C23H19N5O2/c29-18-12-10-16(11-13-18)20-14-22(17-6-2-1-3-7-17)28(25-20)23(30)15-27-21-9-5-4-8-19(21)24-26-27/h1-13,22,29H,14-15H2. The van der Waals surface area contributed by atoms with Crippen molar-refractivity contribution < 1.29 is 9.90 Å². The lowest BCUT2D eigenvalue weighted by atomic mass is 9.98. The third-order valence-corrected chi connectivity index (χ3v) is 5.26. The van der Waals surface area contributed by atoms with E-state index in [0.717, 1.165) is 27.9 Å². The third kappa shape index (κ3) is 3.30. The zero-order chi connectivity index (χ0) is 20.5. The van der Waals surface area contributed by atoms with E-state index in [9.17, 15) is 9.90 Å². The lowest BCUT2D eigenvalue weighted by Gasteiger charge is -2.22. The molecular formula is C23H19N5O2. The van der Waals surface area contributed by atoms with Gasteiger partial charge in [-0.15, -0.1) is 5.10 Å². The molecule has 0 spiro atoms. The minimum absolute atomic E-state index is 0.0518. The van der Waals surface area contributed by atoms with Gasteiger partial charge in [0.2, 0.25) is 0 Å². The van der Waals surface area contributed by atoms with Crippen molar-refractivity contribution in [3.05, 3.63) is 90.0 Å². The Morgan fingerprint density at radius 2 is 1.70 bits per heavy atom. The number of phenolic OH excluding ortho intramolecular Hbond substituents is 1. The van der Waals surface area contributed by atoms with Gasteiger partial charge in [0.15, 0.2) is 0 Å². The lowest BCUT2D eigenvalue weighted by molar-refractivity contribution is -0.133. The van der Waals surface area contributed by atoms with Gasteiger partial charge in [-0.1, -0.05) is 47.7 Å². The van der Waals surface area contributed by atoms with Crippen LogP contribution in [0.5, 0.6) is 5.75 Å². The summed E-state index contributed by atoms with van der Waals surface area (Å²) in [6.45, 7) is 0.0518. The molecule has 1 aliphatic heterocycles. The number of rotatable bonds is 4. The number of amides is 1. The van der Waals surface area contributed by atoms with Gasteiger partial charge in [0.25, 0.3) is 5.91 Å². The summed E-state index contributed by atoms with van der Waals surface area (Å²) in [6.07, 6.45) is 0.596. The van der Waals surface area contributed by atoms with Gasteiger partial charge < -0.3 is 5.11 Å². The third-order valence-electron chi connectivity index (χ3n) is 5.26. The molecule has 2 heterocycles. The van der Waals surface area contributed by atoms with Gasteiger partial charge in [-0.25, -0.2) is 9.69 Å². The van der Waals surface area contributed by atoms with Crippen LogP contribution in [0, 0.1) is 0 Å². The van der Waals surface area contributed by atoms with E-state index in [4.69, 9.17) is 0 Å². The highest BCUT2D eigenvalue weighted by atomic mass is 16.3. The molecule has 1 N–H and O–H groups in total. The molecule has 0 saturated heterocycles. The molecule has 1 aromatic heterocycles. The van der Waals surface area contributed by atoms with Crippen molar-refractivity contribution in [1.82, 2.24) is 20.0 Å². The molecule has 30 heavy (non-hydrogen) atoms. The quantitative estimate of drug-likeness (QED) is 0.571. The van der Waals surface area contributed by atoms with Crippen LogP contribution in [-0.2, 0) is 11.3 Å². The van der Waals surface area contributed by atoms with Crippen LogP contribution in [0.1, 0.15) is 23.6 Å². The van der Waals surface area contributed by atoms with Crippen molar-refractivity contribution >= 4 is 22.7 Å². The van der Waals surface area contributed by atoms with Crippen molar-refractivity contribution in [2.75, 3.05) is 0 Å². The average molecular weight is 397 g/mol. The summed E-state index contributed by atoms with van der Waals surface area (Å²) in [5.74, 6) is 0.0382. The number of aromatic nitrogens is 3. The van der Waals surface area contributed by atoms with Gasteiger partial charge in [0.05, 0.1) is 17.3 Å². The Morgan fingerprint density at radius 3 is 2.50 bits per heavy atom. The monoisotopic (exact) mass is 397 g/mol. The van der Waals surface area contributed by atoms with Crippen LogP contribution in [0.25, 0.3) is 11.0 Å². The number of aromatic hydroxyl groups is 1. The minimum Gasteiger partial charge on any atom is -0.508 e. The molecule has 1 unspecified atom stereocenters. The van der Waals surface area contributed by atoms with Crippen molar-refractivity contribution in [2.45, 2.75) is 19.0 Å². The first-order chi connectivity index (χ1) is 14.7. The Hall–Kier alpha value is -4.00. The van der Waals surface area contributed by atoms with Crippen molar-refractivity contribution in [2.24, 2.45) is 5.10 Å². The number of benzene rings is 3. The van der Waals surface area contributed by atoms with Crippen LogP contribution in [0.2, 0.25) is 0 Å². The molecule has 0 saturated carbocycles. The topological polar surface area (TPSA) is 83.6 Å². The number of phenols is 1. The van der Waals surface area contributed by atoms with Crippen LogP contribution in [0.4, 0.5) is 0 Å². The molecule has 4 aromatic rings. The molecule has 148 valence electrons. The normalized spacial score (nSPS) is 16.1. The van der Waals surface area contributed by atoms with E-state index in [1.807, 2.05) is 66.7 Å². The minimum atomic E-state index is -0.197. The molecular weight excluding hydrogens is 378 g/mol. The van der Waals surface area contributed by atoms with Crippen LogP contribution >= 0.6 is 0 Å². The Labute approximate surface area is 172 Å². The number of hydrazone groups is 1. The second-order valence-corrected chi connectivity index (χ2v) is 7.20. The van der Waals surface area contributed by atoms with Gasteiger partial charge in [-0.05, 0) is 47.5 Å². The molecule has 3 aromatic carbocycles. The highest BCUT2D eigenvalue weighted by Gasteiger charge is 2.33. The summed E-state index contributed by atoms with van der Waals surface area (Å²) in [7, 11) is 0. The Bertz CT molecular complexity index is 1230. The Kier molecular flexibility index (Phi) is 4.48. The zero-order valence-electron chi connectivity index (χ0n) is 16.1.